The lowest BCUT2D eigenvalue weighted by molar-refractivity contribution is 0.233. The van der Waals surface area contributed by atoms with Crippen LogP contribution < -0.4 is 5.32 Å². The first-order valence-corrected chi connectivity index (χ1v) is 9.97. The second-order valence-electron chi connectivity index (χ2n) is 7.41. The topological polar surface area (TPSA) is 28.4 Å². The van der Waals surface area contributed by atoms with Gasteiger partial charge < -0.3 is 9.73 Å². The van der Waals surface area contributed by atoms with Gasteiger partial charge in [0.25, 0.3) is 0 Å². The average molecular weight is 368 g/mol. The molecule has 1 aromatic heterocycles. The maximum Gasteiger partial charge on any atom is 0.135 e. The Bertz CT molecular complexity index is 1040. The maximum absolute atomic E-state index is 6.01. The molecule has 2 heterocycles. The summed E-state index contributed by atoms with van der Waals surface area (Å²) < 4.78 is 6.01. The van der Waals surface area contributed by atoms with Crippen LogP contribution in [0.3, 0.4) is 0 Å². The van der Waals surface area contributed by atoms with E-state index in [9.17, 15) is 0 Å². The summed E-state index contributed by atoms with van der Waals surface area (Å²) in [5.74, 6) is 0.918. The molecular formula is C25H24N2O. The summed E-state index contributed by atoms with van der Waals surface area (Å²) in [4.78, 5) is 2.53. The summed E-state index contributed by atoms with van der Waals surface area (Å²) >= 11 is 0. The van der Waals surface area contributed by atoms with E-state index in [1.54, 1.807) is 0 Å². The van der Waals surface area contributed by atoms with Crippen LogP contribution in [0.5, 0.6) is 0 Å². The standard InChI is InChI=1S/C25H24N2O/c1-3-7-23(22(6-1)18-27-15-13-26-14-16-27)19-9-11-20(12-10-19)25-17-21-5-2-4-8-24(21)28-25/h1-12,17,26H,13-16,18H2. The molecule has 140 valence electrons. The molecule has 3 aromatic carbocycles. The van der Waals surface area contributed by atoms with Gasteiger partial charge in [0.2, 0.25) is 0 Å². The molecule has 0 spiro atoms. The van der Waals surface area contributed by atoms with E-state index in [4.69, 9.17) is 4.42 Å². The molecule has 0 radical (unpaired) electrons. The Kier molecular flexibility index (Phi) is 4.69. The molecule has 0 aliphatic carbocycles. The molecule has 0 saturated carbocycles. The van der Waals surface area contributed by atoms with Crippen LogP contribution in [0.15, 0.2) is 83.3 Å². The van der Waals surface area contributed by atoms with E-state index < -0.39 is 0 Å². The van der Waals surface area contributed by atoms with Crippen molar-refractivity contribution in [2.75, 3.05) is 26.2 Å². The molecule has 28 heavy (non-hydrogen) atoms. The first-order valence-electron chi connectivity index (χ1n) is 9.97. The molecule has 1 saturated heterocycles. The third-order valence-corrected chi connectivity index (χ3v) is 5.53. The van der Waals surface area contributed by atoms with Gasteiger partial charge in [0.1, 0.15) is 11.3 Å². The first kappa shape index (κ1) is 17.2. The summed E-state index contributed by atoms with van der Waals surface area (Å²) in [5.41, 5.74) is 6.01. The third-order valence-electron chi connectivity index (χ3n) is 5.53. The number of fused-ring (bicyclic) bond motifs is 1. The van der Waals surface area contributed by atoms with Gasteiger partial charge in [-0.2, -0.15) is 0 Å². The fourth-order valence-corrected chi connectivity index (χ4v) is 3.99. The van der Waals surface area contributed by atoms with Gasteiger partial charge >= 0.3 is 0 Å². The minimum absolute atomic E-state index is 0.918. The van der Waals surface area contributed by atoms with Gasteiger partial charge in [-0.15, -0.1) is 0 Å². The van der Waals surface area contributed by atoms with Gasteiger partial charge in [-0.1, -0.05) is 66.7 Å². The van der Waals surface area contributed by atoms with E-state index in [1.807, 2.05) is 18.2 Å². The predicted octanol–water partition coefficient (Wildman–Crippen LogP) is 5.17. The van der Waals surface area contributed by atoms with E-state index in [-0.39, 0.29) is 0 Å². The van der Waals surface area contributed by atoms with Crippen LogP contribution in [0.2, 0.25) is 0 Å². The van der Waals surface area contributed by atoms with Gasteiger partial charge in [0.05, 0.1) is 0 Å². The average Bonchev–Trinajstić information content (AvgIpc) is 3.19. The van der Waals surface area contributed by atoms with E-state index in [2.05, 4.69) is 70.9 Å². The van der Waals surface area contributed by atoms with E-state index in [0.29, 0.717) is 0 Å². The highest BCUT2D eigenvalue weighted by Crippen LogP contribution is 2.31. The molecule has 3 nitrogen and oxygen atoms in total. The zero-order chi connectivity index (χ0) is 18.8. The highest BCUT2D eigenvalue weighted by molar-refractivity contribution is 5.83. The van der Waals surface area contributed by atoms with Crippen LogP contribution in [0.4, 0.5) is 0 Å². The molecule has 3 heteroatoms. The van der Waals surface area contributed by atoms with Crippen LogP contribution >= 0.6 is 0 Å². The van der Waals surface area contributed by atoms with Crippen molar-refractivity contribution in [3.8, 4) is 22.5 Å². The van der Waals surface area contributed by atoms with Crippen LogP contribution in [0.1, 0.15) is 5.56 Å². The fraction of sp³-hybridized carbons (Fsp3) is 0.200. The van der Waals surface area contributed by atoms with Crippen molar-refractivity contribution < 1.29 is 4.42 Å². The Hall–Kier alpha value is -2.88. The number of nitrogens with zero attached hydrogens (tertiary/aromatic N) is 1. The van der Waals surface area contributed by atoms with Crippen molar-refractivity contribution in [3.63, 3.8) is 0 Å². The van der Waals surface area contributed by atoms with Gasteiger partial charge in [-0.05, 0) is 28.8 Å². The molecule has 1 aliphatic rings. The molecule has 0 bridgehead atoms. The summed E-state index contributed by atoms with van der Waals surface area (Å²) in [6.45, 7) is 5.38. The summed E-state index contributed by atoms with van der Waals surface area (Å²) in [7, 11) is 0. The molecule has 0 unspecified atom stereocenters. The van der Waals surface area contributed by atoms with Crippen molar-refractivity contribution >= 4 is 11.0 Å². The Morgan fingerprint density at radius 2 is 1.50 bits per heavy atom. The number of para-hydroxylation sites is 1. The Labute approximate surface area is 165 Å². The van der Waals surface area contributed by atoms with Crippen molar-refractivity contribution in [3.05, 3.63) is 84.4 Å². The second kappa shape index (κ2) is 7.63. The van der Waals surface area contributed by atoms with Crippen LogP contribution in [-0.2, 0) is 6.54 Å². The Balaban J connectivity index is 1.42. The molecule has 0 atom stereocenters. The zero-order valence-corrected chi connectivity index (χ0v) is 15.9. The number of furan rings is 1. The number of nitrogens with one attached hydrogen (secondary N) is 1. The third kappa shape index (κ3) is 3.47. The number of hydrogen-bond acceptors (Lipinski definition) is 3. The largest absolute Gasteiger partial charge is 0.456 e. The van der Waals surface area contributed by atoms with Crippen molar-refractivity contribution in [2.45, 2.75) is 6.54 Å². The summed E-state index contributed by atoms with van der Waals surface area (Å²) in [6, 6.07) is 27.8. The fourth-order valence-electron chi connectivity index (χ4n) is 3.99. The number of hydrogen-bond donors (Lipinski definition) is 1. The molecule has 0 amide bonds. The molecule has 5 rings (SSSR count). The Morgan fingerprint density at radius 1 is 0.786 bits per heavy atom. The lowest BCUT2D eigenvalue weighted by Crippen LogP contribution is -2.42. The first-order chi connectivity index (χ1) is 13.9. The van der Waals surface area contributed by atoms with E-state index in [1.165, 1.54) is 16.7 Å². The minimum atomic E-state index is 0.918. The predicted molar refractivity (Wildman–Crippen MR) is 115 cm³/mol. The van der Waals surface area contributed by atoms with Crippen molar-refractivity contribution in [1.29, 1.82) is 0 Å². The van der Waals surface area contributed by atoms with Gasteiger partial charge in [-0.25, -0.2) is 0 Å². The van der Waals surface area contributed by atoms with Gasteiger partial charge in [0.15, 0.2) is 0 Å². The highest BCUT2D eigenvalue weighted by Gasteiger charge is 2.13. The molecule has 1 fully saturated rings. The number of rotatable bonds is 4. The lowest BCUT2D eigenvalue weighted by Gasteiger charge is -2.28. The number of benzene rings is 3. The number of piperazine rings is 1. The van der Waals surface area contributed by atoms with Crippen LogP contribution in [-0.4, -0.2) is 31.1 Å². The van der Waals surface area contributed by atoms with Gasteiger partial charge in [0, 0.05) is 43.7 Å². The van der Waals surface area contributed by atoms with E-state index >= 15 is 0 Å². The van der Waals surface area contributed by atoms with Crippen LogP contribution in [0.25, 0.3) is 33.4 Å². The summed E-state index contributed by atoms with van der Waals surface area (Å²) in [5, 5.41) is 4.57. The zero-order valence-electron chi connectivity index (χ0n) is 15.9. The van der Waals surface area contributed by atoms with E-state index in [0.717, 1.165) is 55.0 Å². The SMILES string of the molecule is c1ccc(-c2ccc(-c3cc4ccccc4o3)cc2)c(CN2CCNCC2)c1. The summed E-state index contributed by atoms with van der Waals surface area (Å²) in [6.07, 6.45) is 0. The molecule has 1 aliphatic heterocycles. The molecular weight excluding hydrogens is 344 g/mol. The second-order valence-corrected chi connectivity index (χ2v) is 7.41. The van der Waals surface area contributed by atoms with Gasteiger partial charge in [-0.3, -0.25) is 4.90 Å². The lowest BCUT2D eigenvalue weighted by atomic mass is 9.97. The molecule has 4 aromatic rings. The van der Waals surface area contributed by atoms with Crippen LogP contribution in [0, 0.1) is 0 Å². The minimum Gasteiger partial charge on any atom is -0.456 e. The highest BCUT2D eigenvalue weighted by atomic mass is 16.3. The van der Waals surface area contributed by atoms with Crippen molar-refractivity contribution in [1.82, 2.24) is 10.2 Å². The van der Waals surface area contributed by atoms with Crippen molar-refractivity contribution in [2.24, 2.45) is 0 Å². The normalized spacial score (nSPS) is 15.1. The maximum atomic E-state index is 6.01. The monoisotopic (exact) mass is 368 g/mol. The Morgan fingerprint density at radius 3 is 2.32 bits per heavy atom. The quantitative estimate of drug-likeness (QED) is 0.538. The molecule has 1 N–H and O–H groups in total. The smallest absolute Gasteiger partial charge is 0.135 e.